The molecule has 27 heavy (non-hydrogen) atoms. The molecule has 3 aromatic rings. The number of halogens is 1. The summed E-state index contributed by atoms with van der Waals surface area (Å²) in [6.45, 7) is 2.23. The van der Waals surface area contributed by atoms with Crippen LogP contribution in [0.25, 0.3) is 22.3 Å². The zero-order chi connectivity index (χ0) is 19.1. The van der Waals surface area contributed by atoms with Gasteiger partial charge in [-0.05, 0) is 53.3 Å². The summed E-state index contributed by atoms with van der Waals surface area (Å²) >= 11 is 0. The molecule has 0 heterocycles. The second-order valence-corrected chi connectivity index (χ2v) is 7.10. The fourth-order valence-electron chi connectivity index (χ4n) is 3.37. The Morgan fingerprint density at radius 2 is 1.33 bits per heavy atom. The van der Waals surface area contributed by atoms with Gasteiger partial charge in [0.15, 0.2) is 0 Å². The molecule has 0 spiro atoms. The van der Waals surface area contributed by atoms with Crippen LogP contribution in [-0.4, -0.2) is 5.11 Å². The molecule has 0 bridgehead atoms. The smallest absolute Gasteiger partial charge is 0.131 e. The predicted octanol–water partition coefficient (Wildman–Crippen LogP) is 7.38. The molecule has 0 amide bonds. The molecule has 3 aromatic carbocycles. The first-order valence-corrected chi connectivity index (χ1v) is 9.85. The Bertz CT molecular complexity index is 850. The summed E-state index contributed by atoms with van der Waals surface area (Å²) in [5.41, 5.74) is 4.56. The van der Waals surface area contributed by atoms with E-state index in [1.54, 1.807) is 36.4 Å². The van der Waals surface area contributed by atoms with E-state index in [1.165, 1.54) is 37.7 Å². The molecule has 0 aliphatic carbocycles. The molecule has 0 aromatic heterocycles. The van der Waals surface area contributed by atoms with E-state index in [9.17, 15) is 9.50 Å². The standard InChI is InChI=1S/C25H27FO/c1-2-3-4-5-6-7-19-8-10-20(11-9-19)22-14-17-24(25(26)18-22)21-12-15-23(27)16-13-21/h8-18,27H,2-7H2,1H3. The summed E-state index contributed by atoms with van der Waals surface area (Å²) in [6.07, 6.45) is 7.55. The van der Waals surface area contributed by atoms with E-state index in [4.69, 9.17) is 0 Å². The number of benzene rings is 3. The monoisotopic (exact) mass is 362 g/mol. The number of aromatic hydroxyl groups is 1. The Morgan fingerprint density at radius 3 is 2.00 bits per heavy atom. The lowest BCUT2D eigenvalue weighted by molar-refractivity contribution is 0.475. The summed E-state index contributed by atoms with van der Waals surface area (Å²) < 4.78 is 14.6. The molecule has 0 unspecified atom stereocenters. The first-order valence-electron chi connectivity index (χ1n) is 9.85. The lowest BCUT2D eigenvalue weighted by Gasteiger charge is -2.08. The van der Waals surface area contributed by atoms with E-state index in [2.05, 4.69) is 31.2 Å². The quantitative estimate of drug-likeness (QED) is 0.414. The summed E-state index contributed by atoms with van der Waals surface area (Å²) in [6, 6.07) is 20.4. The number of aryl methyl sites for hydroxylation is 1. The Labute approximate surface area is 161 Å². The number of phenolic OH excluding ortho intramolecular Hbond substituents is 1. The predicted molar refractivity (Wildman–Crippen MR) is 111 cm³/mol. The highest BCUT2D eigenvalue weighted by Gasteiger charge is 2.08. The zero-order valence-electron chi connectivity index (χ0n) is 15.9. The van der Waals surface area contributed by atoms with Crippen molar-refractivity contribution in [1.82, 2.24) is 0 Å². The molecule has 2 heteroatoms. The van der Waals surface area contributed by atoms with E-state index in [-0.39, 0.29) is 11.6 Å². The molecule has 0 saturated carbocycles. The van der Waals surface area contributed by atoms with Crippen LogP contribution >= 0.6 is 0 Å². The van der Waals surface area contributed by atoms with Gasteiger partial charge >= 0.3 is 0 Å². The number of hydrogen-bond acceptors (Lipinski definition) is 1. The molecule has 3 rings (SSSR count). The number of unbranched alkanes of at least 4 members (excludes halogenated alkanes) is 4. The Balaban J connectivity index is 1.67. The van der Waals surface area contributed by atoms with Crippen LogP contribution in [0.5, 0.6) is 5.75 Å². The van der Waals surface area contributed by atoms with Crippen molar-refractivity contribution in [2.24, 2.45) is 0 Å². The van der Waals surface area contributed by atoms with Crippen molar-refractivity contribution in [2.75, 3.05) is 0 Å². The van der Waals surface area contributed by atoms with Gasteiger partial charge in [-0.1, -0.05) is 81.1 Å². The minimum Gasteiger partial charge on any atom is -0.508 e. The van der Waals surface area contributed by atoms with Crippen LogP contribution in [0, 0.1) is 5.82 Å². The van der Waals surface area contributed by atoms with Crippen molar-refractivity contribution in [1.29, 1.82) is 0 Å². The summed E-state index contributed by atoms with van der Waals surface area (Å²) in [7, 11) is 0. The van der Waals surface area contributed by atoms with Crippen LogP contribution in [0.2, 0.25) is 0 Å². The van der Waals surface area contributed by atoms with Gasteiger partial charge in [-0.3, -0.25) is 0 Å². The average molecular weight is 362 g/mol. The van der Waals surface area contributed by atoms with Crippen molar-refractivity contribution in [2.45, 2.75) is 45.4 Å². The van der Waals surface area contributed by atoms with E-state index >= 15 is 0 Å². The van der Waals surface area contributed by atoms with Gasteiger partial charge in [0.2, 0.25) is 0 Å². The van der Waals surface area contributed by atoms with Gasteiger partial charge in [0.25, 0.3) is 0 Å². The van der Waals surface area contributed by atoms with Crippen LogP contribution < -0.4 is 0 Å². The van der Waals surface area contributed by atoms with Gasteiger partial charge in [0, 0.05) is 5.56 Å². The van der Waals surface area contributed by atoms with Gasteiger partial charge in [0.1, 0.15) is 11.6 Å². The molecule has 0 aliphatic heterocycles. The number of rotatable bonds is 8. The maximum atomic E-state index is 14.6. The highest BCUT2D eigenvalue weighted by molar-refractivity contribution is 5.71. The lowest BCUT2D eigenvalue weighted by Crippen LogP contribution is -1.89. The van der Waals surface area contributed by atoms with Gasteiger partial charge in [-0.2, -0.15) is 0 Å². The van der Waals surface area contributed by atoms with E-state index in [1.807, 2.05) is 6.07 Å². The van der Waals surface area contributed by atoms with Gasteiger partial charge in [0.05, 0.1) is 0 Å². The SMILES string of the molecule is CCCCCCCc1ccc(-c2ccc(-c3ccc(O)cc3)c(F)c2)cc1. The second kappa shape index (κ2) is 9.36. The highest BCUT2D eigenvalue weighted by atomic mass is 19.1. The molecular weight excluding hydrogens is 335 g/mol. The number of hydrogen-bond donors (Lipinski definition) is 1. The third kappa shape index (κ3) is 5.19. The number of phenols is 1. The molecule has 0 radical (unpaired) electrons. The Hall–Kier alpha value is -2.61. The summed E-state index contributed by atoms with van der Waals surface area (Å²) in [4.78, 5) is 0. The van der Waals surface area contributed by atoms with E-state index in [0.717, 1.165) is 23.1 Å². The van der Waals surface area contributed by atoms with Gasteiger partial charge in [-0.15, -0.1) is 0 Å². The van der Waals surface area contributed by atoms with Gasteiger partial charge < -0.3 is 5.11 Å². The van der Waals surface area contributed by atoms with Gasteiger partial charge in [-0.25, -0.2) is 4.39 Å². The molecule has 0 fully saturated rings. The molecule has 0 aliphatic rings. The normalized spacial score (nSPS) is 10.9. The molecule has 0 atom stereocenters. The molecule has 1 nitrogen and oxygen atoms in total. The van der Waals surface area contributed by atoms with Crippen LogP contribution in [-0.2, 0) is 6.42 Å². The fraction of sp³-hybridized carbons (Fsp3) is 0.280. The first kappa shape index (κ1) is 19.2. The maximum absolute atomic E-state index is 14.6. The molecule has 0 saturated heterocycles. The van der Waals surface area contributed by atoms with Crippen molar-refractivity contribution in [3.8, 4) is 28.0 Å². The van der Waals surface area contributed by atoms with E-state index < -0.39 is 0 Å². The van der Waals surface area contributed by atoms with Crippen molar-refractivity contribution in [3.05, 3.63) is 78.1 Å². The highest BCUT2D eigenvalue weighted by Crippen LogP contribution is 2.29. The first-order chi connectivity index (χ1) is 13.2. The largest absolute Gasteiger partial charge is 0.508 e. The third-order valence-electron chi connectivity index (χ3n) is 5.00. The minimum atomic E-state index is -0.252. The van der Waals surface area contributed by atoms with Crippen molar-refractivity contribution in [3.63, 3.8) is 0 Å². The molecule has 1 N–H and O–H groups in total. The molecule has 140 valence electrons. The van der Waals surface area contributed by atoms with Crippen molar-refractivity contribution >= 4 is 0 Å². The molecular formula is C25H27FO. The van der Waals surface area contributed by atoms with Crippen LogP contribution in [0.1, 0.15) is 44.6 Å². The average Bonchev–Trinajstić information content (AvgIpc) is 2.69. The van der Waals surface area contributed by atoms with E-state index in [0.29, 0.717) is 5.56 Å². The minimum absolute atomic E-state index is 0.182. The third-order valence-corrected chi connectivity index (χ3v) is 5.00. The second-order valence-electron chi connectivity index (χ2n) is 7.10. The Morgan fingerprint density at radius 1 is 0.704 bits per heavy atom. The van der Waals surface area contributed by atoms with Crippen LogP contribution in [0.15, 0.2) is 66.7 Å². The zero-order valence-corrected chi connectivity index (χ0v) is 15.9. The fourth-order valence-corrected chi connectivity index (χ4v) is 3.37. The summed E-state index contributed by atoms with van der Waals surface area (Å²) in [5.74, 6) is -0.0700. The maximum Gasteiger partial charge on any atom is 0.131 e. The summed E-state index contributed by atoms with van der Waals surface area (Å²) in [5, 5.41) is 9.39. The van der Waals surface area contributed by atoms with Crippen LogP contribution in [0.4, 0.5) is 4.39 Å². The van der Waals surface area contributed by atoms with Crippen molar-refractivity contribution < 1.29 is 9.50 Å². The Kier molecular flexibility index (Phi) is 6.64. The topological polar surface area (TPSA) is 20.2 Å². The lowest BCUT2D eigenvalue weighted by atomic mass is 9.98. The van der Waals surface area contributed by atoms with Crippen LogP contribution in [0.3, 0.4) is 0 Å².